The standard InChI is InChI=1S/C25H28F2N4O2S/c1-2-17-5-3-6-18(9-17)14-28-15-23(32)22(12-19-10-20(26)13-21(27)11-19)31-24(33)16-34-25-29-7-4-8-30-25/h3-11,13,22-23,28,32H,2,12,14-16H2,1H3,(H,31,33)/t22-,23+/m0/s1. The van der Waals surface area contributed by atoms with E-state index in [0.29, 0.717) is 17.3 Å². The second-order valence-electron chi connectivity index (χ2n) is 7.85. The first-order valence-corrected chi connectivity index (χ1v) is 12.0. The number of halogens is 2. The number of aliphatic hydroxyl groups excluding tert-OH is 1. The number of amides is 1. The average Bonchev–Trinajstić information content (AvgIpc) is 2.82. The average molecular weight is 487 g/mol. The molecule has 0 aliphatic carbocycles. The molecule has 0 saturated heterocycles. The van der Waals surface area contributed by atoms with Gasteiger partial charge in [-0.25, -0.2) is 18.7 Å². The maximum Gasteiger partial charge on any atom is 0.230 e. The van der Waals surface area contributed by atoms with Gasteiger partial charge in [0.05, 0.1) is 17.9 Å². The number of hydrogen-bond acceptors (Lipinski definition) is 6. The molecule has 0 fully saturated rings. The Morgan fingerprint density at radius 3 is 2.44 bits per heavy atom. The summed E-state index contributed by atoms with van der Waals surface area (Å²) in [5.41, 5.74) is 2.65. The third-order valence-corrected chi connectivity index (χ3v) is 6.02. The number of thioether (sulfide) groups is 1. The van der Waals surface area contributed by atoms with Gasteiger partial charge in [-0.15, -0.1) is 0 Å². The Kier molecular flexibility index (Phi) is 9.93. The number of nitrogens with one attached hydrogen (secondary N) is 2. The van der Waals surface area contributed by atoms with Crippen LogP contribution in [0.5, 0.6) is 0 Å². The number of aliphatic hydroxyl groups is 1. The Balaban J connectivity index is 1.62. The van der Waals surface area contributed by atoms with Gasteiger partial charge in [0.2, 0.25) is 5.91 Å². The maximum absolute atomic E-state index is 13.7. The third kappa shape index (κ3) is 8.48. The van der Waals surface area contributed by atoms with Crippen LogP contribution >= 0.6 is 11.8 Å². The molecule has 3 rings (SSSR count). The highest BCUT2D eigenvalue weighted by atomic mass is 32.2. The monoisotopic (exact) mass is 486 g/mol. The van der Waals surface area contributed by atoms with Gasteiger partial charge < -0.3 is 15.7 Å². The van der Waals surface area contributed by atoms with Gasteiger partial charge in [-0.3, -0.25) is 4.79 Å². The number of hydrogen-bond donors (Lipinski definition) is 3. The van der Waals surface area contributed by atoms with Crippen molar-refractivity contribution in [1.29, 1.82) is 0 Å². The van der Waals surface area contributed by atoms with Crippen molar-refractivity contribution in [1.82, 2.24) is 20.6 Å². The molecule has 0 saturated carbocycles. The highest BCUT2D eigenvalue weighted by Crippen LogP contribution is 2.14. The summed E-state index contributed by atoms with van der Waals surface area (Å²) in [7, 11) is 0. The fourth-order valence-corrected chi connectivity index (χ4v) is 4.08. The summed E-state index contributed by atoms with van der Waals surface area (Å²) in [5.74, 6) is -1.71. The van der Waals surface area contributed by atoms with Gasteiger partial charge in [-0.2, -0.15) is 0 Å². The molecule has 1 aromatic heterocycles. The normalized spacial score (nSPS) is 12.8. The van der Waals surface area contributed by atoms with Crippen molar-refractivity contribution in [3.05, 3.63) is 89.2 Å². The summed E-state index contributed by atoms with van der Waals surface area (Å²) in [6.45, 7) is 2.82. The molecule has 0 aliphatic heterocycles. The number of carbonyl (C=O) groups excluding carboxylic acids is 1. The van der Waals surface area contributed by atoms with Crippen molar-refractivity contribution in [3.8, 4) is 0 Å². The highest BCUT2D eigenvalue weighted by Gasteiger charge is 2.22. The first-order chi connectivity index (χ1) is 16.4. The molecular weight excluding hydrogens is 458 g/mol. The number of aryl methyl sites for hydroxylation is 1. The van der Waals surface area contributed by atoms with E-state index < -0.39 is 23.8 Å². The minimum Gasteiger partial charge on any atom is -0.390 e. The minimum absolute atomic E-state index is 0.0436. The van der Waals surface area contributed by atoms with Gasteiger partial charge in [0.15, 0.2) is 5.16 Å². The van der Waals surface area contributed by atoms with Crippen LogP contribution in [0.4, 0.5) is 8.78 Å². The summed E-state index contributed by atoms with van der Waals surface area (Å²) in [5, 5.41) is 17.3. The van der Waals surface area contributed by atoms with Gasteiger partial charge in [-0.1, -0.05) is 43.0 Å². The molecule has 34 heavy (non-hydrogen) atoms. The molecule has 3 aromatic rings. The molecule has 180 valence electrons. The lowest BCUT2D eigenvalue weighted by Crippen LogP contribution is -2.49. The van der Waals surface area contributed by atoms with E-state index in [9.17, 15) is 18.7 Å². The molecule has 1 amide bonds. The van der Waals surface area contributed by atoms with Crippen molar-refractivity contribution in [2.45, 2.75) is 43.6 Å². The second kappa shape index (κ2) is 13.1. The van der Waals surface area contributed by atoms with Crippen LogP contribution in [0.3, 0.4) is 0 Å². The Labute approximate surface area is 202 Å². The molecule has 2 aromatic carbocycles. The lowest BCUT2D eigenvalue weighted by Gasteiger charge is -2.25. The number of benzene rings is 2. The van der Waals surface area contributed by atoms with Crippen LogP contribution in [0.2, 0.25) is 0 Å². The zero-order chi connectivity index (χ0) is 24.3. The summed E-state index contributed by atoms with van der Waals surface area (Å²) < 4.78 is 27.4. The summed E-state index contributed by atoms with van der Waals surface area (Å²) in [6.07, 6.45) is 3.19. The molecular formula is C25H28F2N4O2S. The van der Waals surface area contributed by atoms with Crippen LogP contribution in [0.15, 0.2) is 66.1 Å². The van der Waals surface area contributed by atoms with Crippen LogP contribution < -0.4 is 10.6 Å². The topological polar surface area (TPSA) is 87.1 Å². The second-order valence-corrected chi connectivity index (χ2v) is 8.79. The zero-order valence-electron chi connectivity index (χ0n) is 18.9. The van der Waals surface area contributed by atoms with E-state index in [1.807, 2.05) is 12.1 Å². The van der Waals surface area contributed by atoms with E-state index >= 15 is 0 Å². The molecule has 6 nitrogen and oxygen atoms in total. The lowest BCUT2D eigenvalue weighted by molar-refractivity contribution is -0.120. The first kappa shape index (κ1) is 25.7. The van der Waals surface area contributed by atoms with E-state index in [4.69, 9.17) is 0 Å². The summed E-state index contributed by atoms with van der Waals surface area (Å²) >= 11 is 1.16. The molecule has 3 N–H and O–H groups in total. The maximum atomic E-state index is 13.7. The van der Waals surface area contributed by atoms with Gasteiger partial charge in [0.25, 0.3) is 0 Å². The predicted octanol–water partition coefficient (Wildman–Crippen LogP) is 3.29. The Hall–Kier alpha value is -2.88. The van der Waals surface area contributed by atoms with E-state index in [-0.39, 0.29) is 24.6 Å². The number of nitrogens with zero attached hydrogens (tertiary/aromatic N) is 2. The van der Waals surface area contributed by atoms with E-state index in [1.165, 1.54) is 17.7 Å². The molecule has 2 atom stereocenters. The van der Waals surface area contributed by atoms with Gasteiger partial charge in [-0.05, 0) is 47.7 Å². The quantitative estimate of drug-likeness (QED) is 0.269. The Bertz CT molecular complexity index is 1050. The molecule has 1 heterocycles. The van der Waals surface area contributed by atoms with Crippen LogP contribution in [0.25, 0.3) is 0 Å². The van der Waals surface area contributed by atoms with Gasteiger partial charge >= 0.3 is 0 Å². The smallest absolute Gasteiger partial charge is 0.230 e. The van der Waals surface area contributed by atoms with Crippen LogP contribution in [-0.2, 0) is 24.2 Å². The molecule has 0 bridgehead atoms. The van der Waals surface area contributed by atoms with Gasteiger partial charge in [0.1, 0.15) is 11.6 Å². The molecule has 0 spiro atoms. The fraction of sp³-hybridized carbons (Fsp3) is 0.320. The Morgan fingerprint density at radius 2 is 1.74 bits per heavy atom. The SMILES string of the molecule is CCc1cccc(CNC[C@@H](O)[C@H](Cc2cc(F)cc(F)c2)NC(=O)CSc2ncccn2)c1. The Morgan fingerprint density at radius 1 is 1.03 bits per heavy atom. The van der Waals surface area contributed by atoms with Crippen LogP contribution in [-0.4, -0.2) is 45.4 Å². The number of aromatic nitrogens is 2. The number of rotatable bonds is 12. The lowest BCUT2D eigenvalue weighted by atomic mass is 10.0. The molecule has 0 unspecified atom stereocenters. The van der Waals surface area contributed by atoms with Crippen molar-refractivity contribution >= 4 is 17.7 Å². The summed E-state index contributed by atoms with van der Waals surface area (Å²) in [6, 6.07) is 12.3. The van der Waals surface area contributed by atoms with E-state index in [0.717, 1.165) is 29.8 Å². The zero-order valence-corrected chi connectivity index (χ0v) is 19.7. The largest absolute Gasteiger partial charge is 0.390 e. The molecule has 9 heteroatoms. The predicted molar refractivity (Wildman–Crippen MR) is 128 cm³/mol. The minimum atomic E-state index is -0.984. The third-order valence-electron chi connectivity index (χ3n) is 5.15. The van der Waals surface area contributed by atoms with Crippen LogP contribution in [0, 0.1) is 11.6 Å². The number of carbonyl (C=O) groups is 1. The first-order valence-electron chi connectivity index (χ1n) is 11.0. The van der Waals surface area contributed by atoms with Gasteiger partial charge in [0, 0.05) is 31.5 Å². The molecule has 0 aliphatic rings. The fourth-order valence-electron chi connectivity index (χ4n) is 3.47. The van der Waals surface area contributed by atoms with E-state index in [2.05, 4.69) is 39.7 Å². The summed E-state index contributed by atoms with van der Waals surface area (Å²) in [4.78, 5) is 20.7. The van der Waals surface area contributed by atoms with E-state index in [1.54, 1.807) is 18.5 Å². The van der Waals surface area contributed by atoms with Crippen LogP contribution in [0.1, 0.15) is 23.6 Å². The van der Waals surface area contributed by atoms with Crippen molar-refractivity contribution in [2.24, 2.45) is 0 Å². The van der Waals surface area contributed by atoms with Crippen molar-refractivity contribution in [3.63, 3.8) is 0 Å². The van der Waals surface area contributed by atoms with Crippen molar-refractivity contribution < 1.29 is 18.7 Å². The molecule has 0 radical (unpaired) electrons. The highest BCUT2D eigenvalue weighted by molar-refractivity contribution is 7.99. The van der Waals surface area contributed by atoms with Crippen molar-refractivity contribution in [2.75, 3.05) is 12.3 Å².